The van der Waals surface area contributed by atoms with Crippen LogP contribution in [0.1, 0.15) is 23.1 Å². The van der Waals surface area contributed by atoms with E-state index in [0.717, 1.165) is 22.4 Å². The number of aryl methyl sites for hydroxylation is 1. The topological polar surface area (TPSA) is 51.2 Å². The molecule has 0 fully saturated rings. The molecule has 0 aliphatic carbocycles. The number of rotatable bonds is 8. The SMILES string of the molecule is O=C(CCc1cccnc1)NCc1ccc(OCc2ccccc2)cc1. The Hall–Kier alpha value is -3.14. The van der Waals surface area contributed by atoms with Gasteiger partial charge in [-0.3, -0.25) is 9.78 Å². The van der Waals surface area contributed by atoms with Gasteiger partial charge in [-0.05, 0) is 41.3 Å². The van der Waals surface area contributed by atoms with Crippen molar-refractivity contribution in [3.05, 3.63) is 95.8 Å². The zero-order valence-corrected chi connectivity index (χ0v) is 14.6. The number of amides is 1. The lowest BCUT2D eigenvalue weighted by Crippen LogP contribution is -2.22. The minimum atomic E-state index is 0.0401. The van der Waals surface area contributed by atoms with Gasteiger partial charge in [-0.25, -0.2) is 0 Å². The summed E-state index contributed by atoms with van der Waals surface area (Å²) < 4.78 is 5.77. The van der Waals surface area contributed by atoms with Gasteiger partial charge in [0.25, 0.3) is 0 Å². The first-order valence-corrected chi connectivity index (χ1v) is 8.71. The minimum Gasteiger partial charge on any atom is -0.489 e. The third kappa shape index (κ3) is 5.74. The van der Waals surface area contributed by atoms with E-state index < -0.39 is 0 Å². The molecule has 0 radical (unpaired) electrons. The molecule has 0 aliphatic rings. The molecule has 1 heterocycles. The van der Waals surface area contributed by atoms with Gasteiger partial charge in [0.1, 0.15) is 12.4 Å². The van der Waals surface area contributed by atoms with E-state index in [1.807, 2.05) is 66.7 Å². The smallest absolute Gasteiger partial charge is 0.220 e. The lowest BCUT2D eigenvalue weighted by molar-refractivity contribution is -0.121. The van der Waals surface area contributed by atoms with Crippen molar-refractivity contribution in [2.24, 2.45) is 0 Å². The summed E-state index contributed by atoms with van der Waals surface area (Å²) in [6.45, 7) is 1.07. The van der Waals surface area contributed by atoms with Crippen LogP contribution in [0.15, 0.2) is 79.1 Å². The summed E-state index contributed by atoms with van der Waals surface area (Å²) in [5, 5.41) is 2.95. The van der Waals surface area contributed by atoms with Crippen molar-refractivity contribution in [3.8, 4) is 5.75 Å². The number of hydrogen-bond donors (Lipinski definition) is 1. The predicted octanol–water partition coefficient (Wildman–Crippen LogP) is 3.91. The maximum absolute atomic E-state index is 12.0. The highest BCUT2D eigenvalue weighted by Crippen LogP contribution is 2.14. The number of pyridine rings is 1. The first-order valence-electron chi connectivity index (χ1n) is 8.71. The van der Waals surface area contributed by atoms with E-state index in [1.165, 1.54) is 0 Å². The van der Waals surface area contributed by atoms with Gasteiger partial charge in [0, 0.05) is 25.4 Å². The van der Waals surface area contributed by atoms with E-state index in [1.54, 1.807) is 12.4 Å². The van der Waals surface area contributed by atoms with Crippen molar-refractivity contribution < 1.29 is 9.53 Å². The molecule has 26 heavy (non-hydrogen) atoms. The van der Waals surface area contributed by atoms with E-state index >= 15 is 0 Å². The molecule has 0 aliphatic heterocycles. The van der Waals surface area contributed by atoms with Crippen molar-refractivity contribution >= 4 is 5.91 Å². The Labute approximate surface area is 153 Å². The van der Waals surface area contributed by atoms with E-state index in [2.05, 4.69) is 10.3 Å². The van der Waals surface area contributed by atoms with Crippen LogP contribution < -0.4 is 10.1 Å². The average molecular weight is 346 g/mol. The predicted molar refractivity (Wildman–Crippen MR) is 102 cm³/mol. The average Bonchev–Trinajstić information content (AvgIpc) is 2.71. The van der Waals surface area contributed by atoms with E-state index in [9.17, 15) is 4.79 Å². The molecule has 3 rings (SSSR count). The largest absolute Gasteiger partial charge is 0.489 e. The van der Waals surface area contributed by atoms with Crippen molar-refractivity contribution in [1.82, 2.24) is 10.3 Å². The monoisotopic (exact) mass is 346 g/mol. The van der Waals surface area contributed by atoms with E-state index in [-0.39, 0.29) is 5.91 Å². The molecule has 4 heteroatoms. The van der Waals surface area contributed by atoms with Gasteiger partial charge in [-0.1, -0.05) is 48.5 Å². The Kier molecular flexibility index (Phi) is 6.37. The molecule has 3 aromatic rings. The van der Waals surface area contributed by atoms with E-state index in [4.69, 9.17) is 4.74 Å². The van der Waals surface area contributed by atoms with E-state index in [0.29, 0.717) is 26.0 Å². The van der Waals surface area contributed by atoms with Crippen LogP contribution in [0.5, 0.6) is 5.75 Å². The number of ether oxygens (including phenoxy) is 1. The Bertz CT molecular complexity index is 803. The van der Waals surface area contributed by atoms with Crippen LogP contribution in [-0.4, -0.2) is 10.9 Å². The first-order chi connectivity index (χ1) is 12.8. The molecule has 2 aromatic carbocycles. The summed E-state index contributed by atoms with van der Waals surface area (Å²) >= 11 is 0. The summed E-state index contributed by atoms with van der Waals surface area (Å²) in [6, 6.07) is 21.7. The third-order valence-corrected chi connectivity index (χ3v) is 4.02. The maximum Gasteiger partial charge on any atom is 0.220 e. The van der Waals surface area contributed by atoms with Crippen LogP contribution in [0.3, 0.4) is 0 Å². The lowest BCUT2D eigenvalue weighted by atomic mass is 10.1. The normalized spacial score (nSPS) is 10.3. The number of nitrogens with zero attached hydrogens (tertiary/aromatic N) is 1. The molecule has 0 unspecified atom stereocenters. The number of carbonyl (C=O) groups is 1. The summed E-state index contributed by atoms with van der Waals surface area (Å²) in [5.41, 5.74) is 3.26. The molecule has 1 amide bonds. The Morgan fingerprint density at radius 2 is 1.65 bits per heavy atom. The highest BCUT2D eigenvalue weighted by molar-refractivity contribution is 5.76. The van der Waals surface area contributed by atoms with Gasteiger partial charge in [0.05, 0.1) is 0 Å². The quantitative estimate of drug-likeness (QED) is 0.673. The molecule has 0 bridgehead atoms. The molecule has 1 aromatic heterocycles. The first kappa shape index (κ1) is 17.7. The van der Waals surface area contributed by atoms with Gasteiger partial charge < -0.3 is 10.1 Å². The Morgan fingerprint density at radius 1 is 0.885 bits per heavy atom. The standard InChI is InChI=1S/C22H22N2O2/c25-22(13-10-18-7-4-14-23-15-18)24-16-19-8-11-21(12-9-19)26-17-20-5-2-1-3-6-20/h1-9,11-12,14-15H,10,13,16-17H2,(H,24,25). The highest BCUT2D eigenvalue weighted by Gasteiger charge is 2.03. The van der Waals surface area contributed by atoms with Crippen LogP contribution >= 0.6 is 0 Å². The molecule has 0 spiro atoms. The fourth-order valence-electron chi connectivity index (χ4n) is 2.54. The van der Waals surface area contributed by atoms with Crippen molar-refractivity contribution in [1.29, 1.82) is 0 Å². The highest BCUT2D eigenvalue weighted by atomic mass is 16.5. The Morgan fingerprint density at radius 3 is 2.38 bits per heavy atom. The molecule has 0 saturated heterocycles. The fourth-order valence-corrected chi connectivity index (χ4v) is 2.54. The second-order valence-corrected chi connectivity index (χ2v) is 6.06. The summed E-state index contributed by atoms with van der Waals surface area (Å²) in [4.78, 5) is 16.0. The molecule has 0 atom stereocenters. The van der Waals surface area contributed by atoms with Crippen LogP contribution in [0.2, 0.25) is 0 Å². The second kappa shape index (κ2) is 9.37. The minimum absolute atomic E-state index is 0.0401. The van der Waals surface area contributed by atoms with Crippen molar-refractivity contribution in [2.45, 2.75) is 26.0 Å². The van der Waals surface area contributed by atoms with Crippen LogP contribution in [0.4, 0.5) is 0 Å². The van der Waals surface area contributed by atoms with Gasteiger partial charge in [0.15, 0.2) is 0 Å². The van der Waals surface area contributed by atoms with Crippen LogP contribution in [0.25, 0.3) is 0 Å². The summed E-state index contributed by atoms with van der Waals surface area (Å²) in [6.07, 6.45) is 4.69. The van der Waals surface area contributed by atoms with Gasteiger partial charge >= 0.3 is 0 Å². The maximum atomic E-state index is 12.0. The van der Waals surface area contributed by atoms with Gasteiger partial charge in [-0.15, -0.1) is 0 Å². The molecule has 4 nitrogen and oxygen atoms in total. The lowest BCUT2D eigenvalue weighted by Gasteiger charge is -2.08. The Balaban J connectivity index is 1.40. The molecule has 1 N–H and O–H groups in total. The summed E-state index contributed by atoms with van der Waals surface area (Å²) in [5.74, 6) is 0.860. The number of nitrogens with one attached hydrogen (secondary N) is 1. The third-order valence-electron chi connectivity index (χ3n) is 4.02. The van der Waals surface area contributed by atoms with Gasteiger partial charge in [-0.2, -0.15) is 0 Å². The number of hydrogen-bond acceptors (Lipinski definition) is 3. The zero-order chi connectivity index (χ0) is 18.0. The number of carbonyl (C=O) groups excluding carboxylic acids is 1. The number of benzene rings is 2. The van der Waals surface area contributed by atoms with Crippen LogP contribution in [0, 0.1) is 0 Å². The molecular weight excluding hydrogens is 324 g/mol. The van der Waals surface area contributed by atoms with Gasteiger partial charge in [0.2, 0.25) is 5.91 Å². The fraction of sp³-hybridized carbons (Fsp3) is 0.182. The van der Waals surface area contributed by atoms with Crippen molar-refractivity contribution in [2.75, 3.05) is 0 Å². The summed E-state index contributed by atoms with van der Waals surface area (Å²) in [7, 11) is 0. The number of aromatic nitrogens is 1. The molecule has 0 saturated carbocycles. The molecular formula is C22H22N2O2. The zero-order valence-electron chi connectivity index (χ0n) is 14.6. The van der Waals surface area contributed by atoms with Crippen LogP contribution in [-0.2, 0) is 24.4 Å². The second-order valence-electron chi connectivity index (χ2n) is 6.06. The van der Waals surface area contributed by atoms with Crippen molar-refractivity contribution in [3.63, 3.8) is 0 Å². The molecule has 132 valence electrons.